The van der Waals surface area contributed by atoms with Crippen molar-refractivity contribution in [1.82, 2.24) is 0 Å². The molecule has 0 aromatic heterocycles. The van der Waals surface area contributed by atoms with Crippen LogP contribution in [0.25, 0.3) is 0 Å². The zero-order valence-electron chi connectivity index (χ0n) is 9.44. The van der Waals surface area contributed by atoms with Gasteiger partial charge in [-0.3, -0.25) is 20.2 Å². The Morgan fingerprint density at radius 2 is 1.78 bits per heavy atom. The van der Waals surface area contributed by atoms with Gasteiger partial charge in [-0.05, 0) is 24.7 Å². The Labute approximate surface area is 107 Å². The summed E-state index contributed by atoms with van der Waals surface area (Å²) in [4.78, 5) is 20.4. The second-order valence-electron chi connectivity index (χ2n) is 3.44. The number of nitro groups is 2. The highest BCUT2D eigenvalue weighted by Crippen LogP contribution is 2.31. The van der Waals surface area contributed by atoms with Gasteiger partial charge in [-0.2, -0.15) is 0 Å². The fourth-order valence-corrected chi connectivity index (χ4v) is 2.24. The van der Waals surface area contributed by atoms with E-state index in [4.69, 9.17) is 5.11 Å². The number of hydrogen-bond donors (Lipinski definition) is 1. The first-order valence-corrected chi connectivity index (χ1v) is 6.21. The Morgan fingerprint density at radius 3 is 2.33 bits per heavy atom. The van der Waals surface area contributed by atoms with E-state index in [1.807, 2.05) is 0 Å². The van der Waals surface area contributed by atoms with Gasteiger partial charge < -0.3 is 5.11 Å². The van der Waals surface area contributed by atoms with Gasteiger partial charge in [0.15, 0.2) is 0 Å². The number of hydrogen-bond acceptors (Lipinski definition) is 6. The van der Waals surface area contributed by atoms with Crippen molar-refractivity contribution in [2.24, 2.45) is 0 Å². The molecule has 0 aliphatic carbocycles. The van der Waals surface area contributed by atoms with Crippen LogP contribution in [0.2, 0.25) is 0 Å². The van der Waals surface area contributed by atoms with E-state index in [2.05, 4.69) is 0 Å². The van der Waals surface area contributed by atoms with E-state index in [1.54, 1.807) is 0 Å². The van der Waals surface area contributed by atoms with E-state index < -0.39 is 21.2 Å². The molecule has 0 aliphatic rings. The zero-order chi connectivity index (χ0) is 13.5. The summed E-state index contributed by atoms with van der Waals surface area (Å²) in [7, 11) is 0. The Morgan fingerprint density at radius 1 is 1.11 bits per heavy atom. The molecule has 1 rings (SSSR count). The molecule has 0 amide bonds. The van der Waals surface area contributed by atoms with E-state index in [-0.39, 0.29) is 6.61 Å². The van der Waals surface area contributed by atoms with Crippen LogP contribution in [0.1, 0.15) is 12.8 Å². The molecule has 0 saturated heterocycles. The van der Waals surface area contributed by atoms with E-state index in [0.29, 0.717) is 17.1 Å². The number of unbranched alkanes of at least 4 members (excludes halogenated alkanes) is 1. The molecule has 18 heavy (non-hydrogen) atoms. The lowest BCUT2D eigenvalue weighted by molar-refractivity contribution is -0.422. The Hall–Kier alpha value is -1.67. The summed E-state index contributed by atoms with van der Waals surface area (Å²) >= 11 is 1.37. The molecule has 1 aromatic carbocycles. The molecule has 0 radical (unpaired) electrons. The summed E-state index contributed by atoms with van der Waals surface area (Å²) in [6, 6.07) is 3.85. The number of nitrogens with zero attached hydrogens (tertiary/aromatic N) is 2. The largest absolute Gasteiger partial charge is 0.396 e. The average Bonchev–Trinajstić information content (AvgIpc) is 2.34. The van der Waals surface area contributed by atoms with Gasteiger partial charge in [0.05, 0.1) is 9.85 Å². The summed E-state index contributed by atoms with van der Waals surface area (Å²) in [5, 5.41) is 29.9. The van der Waals surface area contributed by atoms with Crippen molar-refractivity contribution in [2.75, 3.05) is 12.4 Å². The molecule has 1 aromatic rings. The van der Waals surface area contributed by atoms with Crippen molar-refractivity contribution >= 4 is 23.1 Å². The lowest BCUT2D eigenvalue weighted by Gasteiger charge is -2.01. The molecule has 7 nitrogen and oxygen atoms in total. The number of rotatable bonds is 7. The zero-order valence-corrected chi connectivity index (χ0v) is 10.3. The molecule has 0 unspecified atom stereocenters. The molecule has 0 spiro atoms. The van der Waals surface area contributed by atoms with Crippen molar-refractivity contribution in [3.63, 3.8) is 0 Å². The van der Waals surface area contributed by atoms with Crippen molar-refractivity contribution < 1.29 is 15.0 Å². The monoisotopic (exact) mass is 272 g/mol. The van der Waals surface area contributed by atoms with Crippen LogP contribution >= 0.6 is 11.8 Å². The first-order valence-electron chi connectivity index (χ1n) is 5.22. The topological polar surface area (TPSA) is 107 Å². The SMILES string of the molecule is O=[N+]([O-])c1ccc(SCCCCO)cc1[N+](=O)[O-]. The van der Waals surface area contributed by atoms with Crippen LogP contribution in [0.4, 0.5) is 11.4 Å². The molecule has 0 aliphatic heterocycles. The maximum Gasteiger partial charge on any atom is 0.347 e. The standard InChI is InChI=1S/C10H12N2O5S/c13-5-1-2-6-18-8-3-4-9(11(14)15)10(7-8)12(16)17/h3-4,7,13H,1-2,5-6H2. The molecular weight excluding hydrogens is 260 g/mol. The molecule has 0 heterocycles. The maximum absolute atomic E-state index is 10.7. The minimum Gasteiger partial charge on any atom is -0.396 e. The molecule has 1 N–H and O–H groups in total. The van der Waals surface area contributed by atoms with Gasteiger partial charge in [-0.15, -0.1) is 11.8 Å². The third-order valence-electron chi connectivity index (χ3n) is 2.16. The van der Waals surface area contributed by atoms with E-state index in [0.717, 1.165) is 12.5 Å². The van der Waals surface area contributed by atoms with Crippen molar-refractivity contribution in [2.45, 2.75) is 17.7 Å². The molecule has 98 valence electrons. The van der Waals surface area contributed by atoms with Crippen molar-refractivity contribution in [3.05, 3.63) is 38.4 Å². The molecule has 0 atom stereocenters. The Bertz CT molecular complexity index is 452. The third-order valence-corrected chi connectivity index (χ3v) is 3.24. The van der Waals surface area contributed by atoms with Crippen molar-refractivity contribution in [1.29, 1.82) is 0 Å². The minimum atomic E-state index is -0.766. The normalized spacial score (nSPS) is 10.3. The first kappa shape index (κ1) is 14.4. The van der Waals surface area contributed by atoms with Crippen LogP contribution in [0.3, 0.4) is 0 Å². The quantitative estimate of drug-likeness (QED) is 0.353. The van der Waals surface area contributed by atoms with Crippen LogP contribution < -0.4 is 0 Å². The van der Waals surface area contributed by atoms with E-state index in [9.17, 15) is 20.2 Å². The van der Waals surface area contributed by atoms with Gasteiger partial charge in [-0.25, -0.2) is 0 Å². The molecule has 0 bridgehead atoms. The van der Waals surface area contributed by atoms with Gasteiger partial charge in [0.25, 0.3) is 0 Å². The Balaban J connectivity index is 2.80. The van der Waals surface area contributed by atoms with Gasteiger partial charge in [0.1, 0.15) is 0 Å². The second kappa shape index (κ2) is 6.92. The molecule has 0 fully saturated rings. The lowest BCUT2D eigenvalue weighted by Crippen LogP contribution is -1.96. The highest BCUT2D eigenvalue weighted by molar-refractivity contribution is 7.99. The van der Waals surface area contributed by atoms with Crippen molar-refractivity contribution in [3.8, 4) is 0 Å². The number of benzene rings is 1. The fourth-order valence-electron chi connectivity index (χ4n) is 1.30. The number of aliphatic hydroxyl groups excluding tert-OH is 1. The summed E-state index contributed by atoms with van der Waals surface area (Å²) in [6.45, 7) is 0.112. The smallest absolute Gasteiger partial charge is 0.347 e. The van der Waals surface area contributed by atoms with Crippen LogP contribution in [-0.4, -0.2) is 27.3 Å². The third kappa shape index (κ3) is 3.97. The average molecular weight is 272 g/mol. The first-order chi connectivity index (χ1) is 8.56. The summed E-state index contributed by atoms with van der Waals surface area (Å²) < 4.78 is 0. The lowest BCUT2D eigenvalue weighted by atomic mass is 10.3. The van der Waals surface area contributed by atoms with Crippen LogP contribution in [-0.2, 0) is 0 Å². The number of nitro benzene ring substituents is 2. The van der Waals surface area contributed by atoms with E-state index in [1.165, 1.54) is 23.9 Å². The maximum atomic E-state index is 10.7. The van der Waals surface area contributed by atoms with Crippen LogP contribution in [0, 0.1) is 20.2 Å². The summed E-state index contributed by atoms with van der Waals surface area (Å²) in [5.41, 5.74) is -0.994. The fraction of sp³-hybridized carbons (Fsp3) is 0.400. The van der Waals surface area contributed by atoms with E-state index >= 15 is 0 Å². The summed E-state index contributed by atoms with van der Waals surface area (Å²) in [6.07, 6.45) is 1.45. The van der Waals surface area contributed by atoms with Gasteiger partial charge in [-0.1, -0.05) is 0 Å². The number of aliphatic hydroxyl groups is 1. The second-order valence-corrected chi connectivity index (χ2v) is 4.61. The molecule has 8 heteroatoms. The van der Waals surface area contributed by atoms with Gasteiger partial charge >= 0.3 is 11.4 Å². The molecule has 0 saturated carbocycles. The van der Waals surface area contributed by atoms with Crippen LogP contribution in [0.15, 0.2) is 23.1 Å². The van der Waals surface area contributed by atoms with Gasteiger partial charge in [0, 0.05) is 23.6 Å². The highest BCUT2D eigenvalue weighted by atomic mass is 32.2. The van der Waals surface area contributed by atoms with Gasteiger partial charge in [0.2, 0.25) is 0 Å². The van der Waals surface area contributed by atoms with Crippen LogP contribution in [0.5, 0.6) is 0 Å². The predicted molar refractivity (Wildman–Crippen MR) is 66.8 cm³/mol. The Kier molecular flexibility index (Phi) is 5.53. The minimum absolute atomic E-state index is 0.112. The summed E-state index contributed by atoms with van der Waals surface area (Å²) in [5.74, 6) is 0.704. The molecular formula is C10H12N2O5S. The predicted octanol–water partition coefficient (Wildman–Crippen LogP) is 2.37. The number of thioether (sulfide) groups is 1. The highest BCUT2D eigenvalue weighted by Gasteiger charge is 2.23.